The Hall–Kier alpha value is -4.37. The number of carbonyl (C=O) groups is 2. The second kappa shape index (κ2) is 11.8. The lowest BCUT2D eigenvalue weighted by atomic mass is 10.1. The Bertz CT molecular complexity index is 1530. The van der Waals surface area contributed by atoms with Crippen molar-refractivity contribution >= 4 is 44.0 Å². The molecule has 4 aromatic carbocycles. The number of rotatable bonds is 9. The molecule has 0 saturated heterocycles. The van der Waals surface area contributed by atoms with Gasteiger partial charge in [0, 0.05) is 30.0 Å². The fraction of sp³-hybridized carbons (Fsp3) is 0.172. The first kappa shape index (κ1) is 26.7. The summed E-state index contributed by atoms with van der Waals surface area (Å²) in [5.74, 6) is -0.814. The van der Waals surface area contributed by atoms with E-state index in [-0.39, 0.29) is 11.3 Å². The zero-order valence-electron chi connectivity index (χ0n) is 21.3. The highest BCUT2D eigenvalue weighted by Crippen LogP contribution is 2.22. The highest BCUT2D eigenvalue weighted by Gasteiger charge is 2.15. The summed E-state index contributed by atoms with van der Waals surface area (Å²) in [5, 5.41) is 1.79. The third-order valence-electron chi connectivity index (χ3n) is 6.18. The molecule has 196 valence electrons. The van der Waals surface area contributed by atoms with Gasteiger partial charge in [0.2, 0.25) is 5.91 Å². The van der Waals surface area contributed by atoms with Crippen LogP contribution < -0.4 is 20.5 Å². The molecule has 9 heteroatoms. The molecular weight excluding hydrogens is 500 g/mol. The Labute approximate surface area is 222 Å². The van der Waals surface area contributed by atoms with Crippen LogP contribution in [0.3, 0.4) is 0 Å². The third-order valence-corrected chi connectivity index (χ3v) is 7.55. The lowest BCUT2D eigenvalue weighted by molar-refractivity contribution is -0.121. The summed E-state index contributed by atoms with van der Waals surface area (Å²) in [5.41, 5.74) is 7.34. The Kier molecular flexibility index (Phi) is 8.28. The number of carbonyl (C=O) groups excluding carboxylic acids is 2. The molecule has 0 bridgehead atoms. The van der Waals surface area contributed by atoms with Gasteiger partial charge in [-0.25, -0.2) is 8.42 Å². The summed E-state index contributed by atoms with van der Waals surface area (Å²) in [6.07, 6.45) is 0.0128. The lowest BCUT2D eigenvalue weighted by Gasteiger charge is -2.21. The first-order valence-electron chi connectivity index (χ1n) is 12.3. The number of hydrogen-bond acceptors (Lipinski definition) is 5. The van der Waals surface area contributed by atoms with Crippen molar-refractivity contribution in [2.75, 3.05) is 22.7 Å². The van der Waals surface area contributed by atoms with E-state index >= 15 is 0 Å². The summed E-state index contributed by atoms with van der Waals surface area (Å²) in [7, 11) is -3.78. The van der Waals surface area contributed by atoms with Crippen molar-refractivity contribution in [3.05, 3.63) is 102 Å². The smallest absolute Gasteiger partial charge is 0.269 e. The highest BCUT2D eigenvalue weighted by atomic mass is 32.2. The van der Waals surface area contributed by atoms with Gasteiger partial charge in [0.25, 0.3) is 15.9 Å². The van der Waals surface area contributed by atoms with Crippen molar-refractivity contribution in [1.29, 1.82) is 0 Å². The van der Waals surface area contributed by atoms with Crippen LogP contribution >= 0.6 is 0 Å². The minimum absolute atomic E-state index is 0.0128. The molecule has 0 unspecified atom stereocenters. The van der Waals surface area contributed by atoms with Gasteiger partial charge in [-0.2, -0.15) is 0 Å². The quantitative estimate of drug-likeness (QED) is 0.277. The lowest BCUT2D eigenvalue weighted by Crippen LogP contribution is -2.42. The number of hydrogen-bond donors (Lipinski definition) is 3. The summed E-state index contributed by atoms with van der Waals surface area (Å²) in [4.78, 5) is 27.0. The van der Waals surface area contributed by atoms with Crippen molar-refractivity contribution in [2.45, 2.75) is 25.2 Å². The zero-order valence-corrected chi connectivity index (χ0v) is 22.1. The predicted molar refractivity (Wildman–Crippen MR) is 151 cm³/mol. The number of hydrazine groups is 1. The van der Waals surface area contributed by atoms with E-state index in [1.807, 2.05) is 36.4 Å². The fourth-order valence-corrected chi connectivity index (χ4v) is 5.17. The van der Waals surface area contributed by atoms with Crippen molar-refractivity contribution in [3.63, 3.8) is 0 Å². The number of sulfonamides is 1. The zero-order chi connectivity index (χ0) is 27.1. The molecular formula is C29H30N4O4S. The van der Waals surface area contributed by atoms with Crippen LogP contribution in [0.2, 0.25) is 0 Å². The minimum Gasteiger partial charge on any atom is -0.372 e. The van der Waals surface area contributed by atoms with Crippen LogP contribution in [0.25, 0.3) is 10.8 Å². The van der Waals surface area contributed by atoms with Crippen molar-refractivity contribution in [1.82, 2.24) is 10.9 Å². The molecule has 4 aromatic rings. The molecule has 0 saturated carbocycles. The maximum atomic E-state index is 12.8. The monoisotopic (exact) mass is 530 g/mol. The summed E-state index contributed by atoms with van der Waals surface area (Å²) in [6, 6.07) is 26.2. The molecule has 38 heavy (non-hydrogen) atoms. The standard InChI is InChI=1S/C29H30N4O4S/c1-3-33(4-2)26-16-11-23(12-17-26)29(35)31-30-28(34)19-21-9-14-25(15-10-21)32-38(36,37)27-18-13-22-7-5-6-8-24(22)20-27/h5-18,20,32H,3-4,19H2,1-2H3,(H,30,34)(H,31,35). The molecule has 0 aliphatic heterocycles. The van der Waals surface area contributed by atoms with Gasteiger partial charge in [0.05, 0.1) is 11.3 Å². The van der Waals surface area contributed by atoms with E-state index in [0.29, 0.717) is 16.8 Å². The first-order chi connectivity index (χ1) is 18.3. The first-order valence-corrected chi connectivity index (χ1v) is 13.8. The van der Waals surface area contributed by atoms with Crippen LogP contribution in [-0.2, 0) is 21.2 Å². The Morgan fingerprint density at radius 3 is 2.08 bits per heavy atom. The van der Waals surface area contributed by atoms with E-state index in [4.69, 9.17) is 0 Å². The van der Waals surface area contributed by atoms with Gasteiger partial charge in [-0.3, -0.25) is 25.2 Å². The van der Waals surface area contributed by atoms with Gasteiger partial charge in [0.1, 0.15) is 0 Å². The average Bonchev–Trinajstić information content (AvgIpc) is 2.93. The molecule has 0 radical (unpaired) electrons. The van der Waals surface area contributed by atoms with Crippen LogP contribution in [0.4, 0.5) is 11.4 Å². The Morgan fingerprint density at radius 2 is 1.42 bits per heavy atom. The Balaban J connectivity index is 1.30. The van der Waals surface area contributed by atoms with E-state index in [9.17, 15) is 18.0 Å². The number of anilines is 2. The van der Waals surface area contributed by atoms with E-state index in [1.54, 1.807) is 54.6 Å². The number of amides is 2. The predicted octanol–water partition coefficient (Wildman–Crippen LogP) is 4.49. The minimum atomic E-state index is -3.78. The molecule has 0 atom stereocenters. The highest BCUT2D eigenvalue weighted by molar-refractivity contribution is 7.92. The molecule has 2 amide bonds. The molecule has 4 rings (SSSR count). The molecule has 8 nitrogen and oxygen atoms in total. The van der Waals surface area contributed by atoms with Gasteiger partial charge < -0.3 is 4.90 Å². The van der Waals surface area contributed by atoms with E-state index in [2.05, 4.69) is 34.3 Å². The SMILES string of the molecule is CCN(CC)c1ccc(C(=O)NNC(=O)Cc2ccc(NS(=O)(=O)c3ccc4ccccc4c3)cc2)cc1. The van der Waals surface area contributed by atoms with Gasteiger partial charge >= 0.3 is 0 Å². The summed E-state index contributed by atoms with van der Waals surface area (Å²) in [6.45, 7) is 5.88. The van der Waals surface area contributed by atoms with E-state index in [1.165, 1.54) is 0 Å². The molecule has 0 aromatic heterocycles. The van der Waals surface area contributed by atoms with Gasteiger partial charge in [-0.15, -0.1) is 0 Å². The maximum Gasteiger partial charge on any atom is 0.269 e. The summed E-state index contributed by atoms with van der Waals surface area (Å²) < 4.78 is 28.2. The van der Waals surface area contributed by atoms with Crippen LogP contribution in [0, 0.1) is 0 Å². The molecule has 0 aliphatic rings. The molecule has 3 N–H and O–H groups in total. The number of fused-ring (bicyclic) bond motifs is 1. The van der Waals surface area contributed by atoms with Crippen LogP contribution in [0.15, 0.2) is 95.9 Å². The fourth-order valence-electron chi connectivity index (χ4n) is 4.08. The van der Waals surface area contributed by atoms with Gasteiger partial charge in [0.15, 0.2) is 0 Å². The number of nitrogens with zero attached hydrogens (tertiary/aromatic N) is 1. The number of nitrogens with one attached hydrogen (secondary N) is 3. The maximum absolute atomic E-state index is 12.8. The summed E-state index contributed by atoms with van der Waals surface area (Å²) >= 11 is 0. The Morgan fingerprint density at radius 1 is 0.763 bits per heavy atom. The van der Waals surface area contributed by atoms with Crippen molar-refractivity contribution in [2.24, 2.45) is 0 Å². The van der Waals surface area contributed by atoms with Crippen LogP contribution in [0.5, 0.6) is 0 Å². The van der Waals surface area contributed by atoms with Gasteiger partial charge in [-0.05, 0) is 78.7 Å². The van der Waals surface area contributed by atoms with E-state index < -0.39 is 21.8 Å². The normalized spacial score (nSPS) is 11.1. The van der Waals surface area contributed by atoms with E-state index in [0.717, 1.165) is 29.5 Å². The third kappa shape index (κ3) is 6.49. The molecule has 0 spiro atoms. The molecule has 0 fully saturated rings. The largest absolute Gasteiger partial charge is 0.372 e. The molecule has 0 aliphatic carbocycles. The topological polar surface area (TPSA) is 108 Å². The average molecular weight is 531 g/mol. The second-order valence-electron chi connectivity index (χ2n) is 8.71. The second-order valence-corrected chi connectivity index (χ2v) is 10.4. The van der Waals surface area contributed by atoms with Crippen molar-refractivity contribution in [3.8, 4) is 0 Å². The van der Waals surface area contributed by atoms with Crippen molar-refractivity contribution < 1.29 is 18.0 Å². The van der Waals surface area contributed by atoms with Gasteiger partial charge in [-0.1, -0.05) is 42.5 Å². The van der Waals surface area contributed by atoms with Crippen LogP contribution in [-0.4, -0.2) is 33.3 Å². The van der Waals surface area contributed by atoms with Crippen LogP contribution in [0.1, 0.15) is 29.8 Å². The number of benzene rings is 4. The molecule has 0 heterocycles.